The highest BCUT2D eigenvalue weighted by atomic mass is 28.4. The fourth-order valence-corrected chi connectivity index (χ4v) is 8.73. The number of ether oxygens (including phenoxy) is 4. The standard InChI is InChI=1S/C43H58N4O8Si/c1-30-27-47(40(50)44-38(30)49)39-36(55-56(8,9)41(2,3)4)37(48)42(54-39,28-46-25-23-45(5)24-26-46)29-53-43(31-13-11-10-12-14-31,32-15-19-34(51-6)20-16-32)33-17-21-35(52-7)22-18-33/h10-22,27,36-37,39,48H,23-26,28-29H2,1-9H3,(H,44,49,50)/t36-,37-,39-,42-/m1/s1. The molecular formula is C43H58N4O8Si. The van der Waals surface area contributed by atoms with Crippen LogP contribution in [0.4, 0.5) is 0 Å². The van der Waals surface area contributed by atoms with Crippen molar-refractivity contribution >= 4 is 8.32 Å². The molecule has 0 bridgehead atoms. The molecule has 2 aliphatic rings. The molecule has 0 aliphatic carbocycles. The van der Waals surface area contributed by atoms with Crippen LogP contribution >= 0.6 is 0 Å². The summed E-state index contributed by atoms with van der Waals surface area (Å²) in [5, 5.41) is 12.7. The predicted octanol–water partition coefficient (Wildman–Crippen LogP) is 5.14. The number of aromatic nitrogens is 2. The van der Waals surface area contributed by atoms with Crippen molar-refractivity contribution in [3.8, 4) is 11.5 Å². The van der Waals surface area contributed by atoms with E-state index in [0.29, 0.717) is 23.6 Å². The summed E-state index contributed by atoms with van der Waals surface area (Å²) >= 11 is 0. The molecule has 2 N–H and O–H groups in total. The molecule has 2 saturated heterocycles. The Hall–Kier alpha value is -4.08. The second-order valence-corrected chi connectivity index (χ2v) is 21.5. The zero-order valence-corrected chi connectivity index (χ0v) is 35.2. The number of piperazine rings is 1. The number of aliphatic hydroxyl groups excluding tert-OH is 1. The van der Waals surface area contributed by atoms with Crippen molar-refractivity contribution in [2.45, 2.75) is 75.5 Å². The number of rotatable bonds is 13. The van der Waals surface area contributed by atoms with E-state index in [0.717, 1.165) is 42.9 Å². The molecule has 0 amide bonds. The van der Waals surface area contributed by atoms with E-state index in [1.54, 1.807) is 21.1 Å². The Morgan fingerprint density at radius 3 is 1.91 bits per heavy atom. The minimum absolute atomic E-state index is 0.0988. The number of benzene rings is 3. The van der Waals surface area contributed by atoms with Gasteiger partial charge in [0.2, 0.25) is 0 Å². The number of H-pyrrole nitrogens is 1. The highest BCUT2D eigenvalue weighted by molar-refractivity contribution is 6.74. The van der Waals surface area contributed by atoms with Crippen molar-refractivity contribution in [2.75, 3.05) is 60.6 Å². The molecule has 2 aliphatic heterocycles. The van der Waals surface area contributed by atoms with Gasteiger partial charge < -0.3 is 33.4 Å². The number of likely N-dealkylation sites (N-methyl/N-ethyl adjacent to an activating group) is 1. The first-order valence-electron chi connectivity index (χ1n) is 19.3. The summed E-state index contributed by atoms with van der Waals surface area (Å²) in [6, 6.07) is 25.6. The number of aromatic amines is 1. The van der Waals surface area contributed by atoms with Gasteiger partial charge in [0.15, 0.2) is 14.5 Å². The van der Waals surface area contributed by atoms with Crippen LogP contribution in [0, 0.1) is 6.92 Å². The third-order valence-corrected chi connectivity index (χ3v) is 16.4. The third kappa shape index (κ3) is 8.17. The van der Waals surface area contributed by atoms with Gasteiger partial charge in [0, 0.05) is 44.5 Å². The highest BCUT2D eigenvalue weighted by Gasteiger charge is 2.60. The molecule has 0 radical (unpaired) electrons. The summed E-state index contributed by atoms with van der Waals surface area (Å²) in [5.74, 6) is 1.39. The van der Waals surface area contributed by atoms with E-state index >= 15 is 0 Å². The van der Waals surface area contributed by atoms with Crippen molar-refractivity contribution in [3.63, 3.8) is 0 Å². The number of nitrogens with one attached hydrogen (secondary N) is 1. The fourth-order valence-electron chi connectivity index (χ4n) is 7.45. The van der Waals surface area contributed by atoms with Crippen molar-refractivity contribution < 1.29 is 28.5 Å². The average Bonchev–Trinajstić information content (AvgIpc) is 3.44. The first-order valence-corrected chi connectivity index (χ1v) is 22.2. The normalized spacial score (nSPS) is 22.6. The largest absolute Gasteiger partial charge is 0.497 e. The minimum atomic E-state index is -2.60. The molecule has 302 valence electrons. The molecule has 12 nitrogen and oxygen atoms in total. The maximum atomic E-state index is 13.6. The maximum Gasteiger partial charge on any atom is 0.330 e. The van der Waals surface area contributed by atoms with E-state index in [-0.39, 0.29) is 11.6 Å². The van der Waals surface area contributed by atoms with Crippen LogP contribution in [0.1, 0.15) is 49.3 Å². The van der Waals surface area contributed by atoms with Crippen LogP contribution in [0.3, 0.4) is 0 Å². The Bertz CT molecular complexity index is 1990. The molecule has 3 heterocycles. The molecule has 4 aromatic rings. The van der Waals surface area contributed by atoms with Crippen LogP contribution in [-0.2, 0) is 19.5 Å². The molecule has 1 aromatic heterocycles. The Morgan fingerprint density at radius 2 is 1.39 bits per heavy atom. The van der Waals surface area contributed by atoms with Gasteiger partial charge in [-0.2, -0.15) is 0 Å². The Balaban J connectivity index is 1.55. The zero-order valence-electron chi connectivity index (χ0n) is 34.2. The molecule has 0 unspecified atom stereocenters. The van der Waals surface area contributed by atoms with E-state index in [1.807, 2.05) is 78.9 Å². The second-order valence-electron chi connectivity index (χ2n) is 16.7. The van der Waals surface area contributed by atoms with Crippen LogP contribution in [0.25, 0.3) is 0 Å². The van der Waals surface area contributed by atoms with Crippen molar-refractivity contribution in [3.05, 3.63) is 128 Å². The number of methoxy groups -OCH3 is 2. The Kier molecular flexibility index (Phi) is 12.2. The number of aryl methyl sites for hydroxylation is 1. The van der Waals surface area contributed by atoms with Gasteiger partial charge in [-0.1, -0.05) is 75.4 Å². The number of hydrogen-bond acceptors (Lipinski definition) is 10. The highest BCUT2D eigenvalue weighted by Crippen LogP contribution is 2.48. The van der Waals surface area contributed by atoms with E-state index in [2.05, 4.69) is 55.7 Å². The quantitative estimate of drug-likeness (QED) is 0.139. The van der Waals surface area contributed by atoms with E-state index in [4.69, 9.17) is 23.4 Å². The van der Waals surface area contributed by atoms with Gasteiger partial charge in [-0.15, -0.1) is 0 Å². The number of aliphatic hydroxyl groups is 1. The smallest absolute Gasteiger partial charge is 0.330 e. The summed E-state index contributed by atoms with van der Waals surface area (Å²) in [6.45, 7) is 15.6. The third-order valence-electron chi connectivity index (χ3n) is 11.9. The lowest BCUT2D eigenvalue weighted by molar-refractivity contribution is -0.171. The first-order chi connectivity index (χ1) is 26.5. The van der Waals surface area contributed by atoms with E-state index in [1.165, 1.54) is 10.8 Å². The van der Waals surface area contributed by atoms with Gasteiger partial charge in [-0.3, -0.25) is 19.2 Å². The number of nitrogens with zero attached hydrogens (tertiary/aromatic N) is 3. The van der Waals surface area contributed by atoms with Gasteiger partial charge in [0.1, 0.15) is 34.9 Å². The minimum Gasteiger partial charge on any atom is -0.497 e. The summed E-state index contributed by atoms with van der Waals surface area (Å²) in [4.78, 5) is 33.2. The zero-order chi connectivity index (χ0) is 40.5. The van der Waals surface area contributed by atoms with Crippen LogP contribution in [0.5, 0.6) is 11.5 Å². The molecule has 6 rings (SSSR count). The van der Waals surface area contributed by atoms with Crippen molar-refractivity contribution in [2.24, 2.45) is 0 Å². The molecular weight excluding hydrogens is 729 g/mol. The van der Waals surface area contributed by atoms with E-state index in [9.17, 15) is 14.7 Å². The molecule has 13 heteroatoms. The van der Waals surface area contributed by atoms with Crippen LogP contribution in [0.2, 0.25) is 18.1 Å². The van der Waals surface area contributed by atoms with Crippen LogP contribution in [-0.4, -0.2) is 111 Å². The van der Waals surface area contributed by atoms with Gasteiger partial charge in [-0.05, 0) is 73.1 Å². The topological polar surface area (TPSA) is 128 Å². The first kappa shape index (κ1) is 41.5. The lowest BCUT2D eigenvalue weighted by Crippen LogP contribution is -2.59. The van der Waals surface area contributed by atoms with Crippen LogP contribution < -0.4 is 20.7 Å². The van der Waals surface area contributed by atoms with Gasteiger partial charge >= 0.3 is 5.69 Å². The summed E-state index contributed by atoms with van der Waals surface area (Å²) < 4.78 is 34.2. The molecule has 56 heavy (non-hydrogen) atoms. The van der Waals surface area contributed by atoms with E-state index < -0.39 is 49.2 Å². The molecule has 4 atom stereocenters. The second kappa shape index (κ2) is 16.4. The maximum absolute atomic E-state index is 13.6. The van der Waals surface area contributed by atoms with Crippen LogP contribution in [0.15, 0.2) is 94.6 Å². The van der Waals surface area contributed by atoms with Crippen molar-refractivity contribution in [1.82, 2.24) is 19.4 Å². The molecule has 0 saturated carbocycles. The predicted molar refractivity (Wildman–Crippen MR) is 219 cm³/mol. The Labute approximate surface area is 331 Å². The Morgan fingerprint density at radius 1 is 0.857 bits per heavy atom. The molecule has 0 spiro atoms. The summed E-state index contributed by atoms with van der Waals surface area (Å²) in [5.41, 5.74) is -0.893. The van der Waals surface area contributed by atoms with Gasteiger partial charge in [0.25, 0.3) is 5.56 Å². The molecule has 3 aromatic carbocycles. The molecule has 2 fully saturated rings. The summed E-state index contributed by atoms with van der Waals surface area (Å²) in [7, 11) is 2.76. The van der Waals surface area contributed by atoms with Gasteiger partial charge in [-0.25, -0.2) is 4.79 Å². The average molecular weight is 787 g/mol. The lowest BCUT2D eigenvalue weighted by Gasteiger charge is -2.44. The SMILES string of the molecule is COc1ccc(C(OC[C@@]2(CN3CCN(C)CC3)O[C@@H](n3cc(C)c(=O)[nH]c3=O)[C@H](O[Si](C)(C)C(C)(C)C)[C@H]2O)(c2ccccc2)c2ccc(OC)cc2)cc1. The summed E-state index contributed by atoms with van der Waals surface area (Å²) in [6.07, 6.45) is -1.80. The monoisotopic (exact) mass is 786 g/mol. The van der Waals surface area contributed by atoms with Gasteiger partial charge in [0.05, 0.1) is 20.8 Å². The number of hydrogen-bond donors (Lipinski definition) is 2. The van der Waals surface area contributed by atoms with Crippen molar-refractivity contribution in [1.29, 1.82) is 0 Å². The lowest BCUT2D eigenvalue weighted by atomic mass is 9.79. The fraction of sp³-hybridized carbons (Fsp3) is 0.488.